The summed E-state index contributed by atoms with van der Waals surface area (Å²) in [4.78, 5) is 8.83. The van der Waals surface area contributed by atoms with Gasteiger partial charge in [-0.2, -0.15) is 4.98 Å². The summed E-state index contributed by atoms with van der Waals surface area (Å²) in [5, 5.41) is 3.83. The molecule has 1 aromatic carbocycles. The highest BCUT2D eigenvalue weighted by Crippen LogP contribution is 2.30. The molecular weight excluding hydrogens is 286 g/mol. The van der Waals surface area contributed by atoms with Crippen LogP contribution >= 0.6 is 11.6 Å². The van der Waals surface area contributed by atoms with E-state index in [0.717, 1.165) is 36.6 Å². The Morgan fingerprint density at radius 3 is 2.71 bits per heavy atom. The predicted octanol–water partition coefficient (Wildman–Crippen LogP) is 4.62. The third-order valence-corrected chi connectivity index (χ3v) is 3.23. The standard InChI is InChI=1S/C16H20ClN3O/c1-4-8-18-15-10-16(20-14(5-2)19-15)21-13-9-11(3)6-7-12(13)17/h6-7,9-10H,4-5,8H2,1-3H3,(H,18,19,20). The summed E-state index contributed by atoms with van der Waals surface area (Å²) >= 11 is 6.16. The summed E-state index contributed by atoms with van der Waals surface area (Å²) in [6, 6.07) is 7.47. The van der Waals surface area contributed by atoms with Gasteiger partial charge in [0.25, 0.3) is 0 Å². The zero-order chi connectivity index (χ0) is 15.2. The Balaban J connectivity index is 2.27. The predicted molar refractivity (Wildman–Crippen MR) is 86.5 cm³/mol. The first-order chi connectivity index (χ1) is 10.1. The van der Waals surface area contributed by atoms with Crippen molar-refractivity contribution in [1.29, 1.82) is 0 Å². The molecule has 0 spiro atoms. The Morgan fingerprint density at radius 1 is 1.19 bits per heavy atom. The van der Waals surface area contributed by atoms with E-state index in [1.807, 2.05) is 32.0 Å². The van der Waals surface area contributed by atoms with Crippen molar-refractivity contribution in [2.75, 3.05) is 11.9 Å². The average molecular weight is 306 g/mol. The van der Waals surface area contributed by atoms with Gasteiger partial charge in [-0.05, 0) is 31.0 Å². The van der Waals surface area contributed by atoms with E-state index in [1.54, 1.807) is 6.07 Å². The van der Waals surface area contributed by atoms with Crippen molar-refractivity contribution < 1.29 is 4.74 Å². The van der Waals surface area contributed by atoms with E-state index in [4.69, 9.17) is 16.3 Å². The molecule has 5 heteroatoms. The Hall–Kier alpha value is -1.81. The van der Waals surface area contributed by atoms with Crippen LogP contribution in [0, 0.1) is 6.92 Å². The molecule has 0 bridgehead atoms. The lowest BCUT2D eigenvalue weighted by Crippen LogP contribution is -2.05. The summed E-state index contributed by atoms with van der Waals surface area (Å²) in [7, 11) is 0. The molecule has 0 unspecified atom stereocenters. The molecule has 112 valence electrons. The zero-order valence-electron chi connectivity index (χ0n) is 12.6. The number of halogens is 1. The summed E-state index contributed by atoms with van der Waals surface area (Å²) < 4.78 is 5.83. The normalized spacial score (nSPS) is 10.5. The molecule has 0 radical (unpaired) electrons. The van der Waals surface area contributed by atoms with E-state index in [2.05, 4.69) is 22.2 Å². The maximum absolute atomic E-state index is 6.16. The average Bonchev–Trinajstić information content (AvgIpc) is 2.48. The molecule has 0 aliphatic carbocycles. The number of hydrogen-bond acceptors (Lipinski definition) is 4. The van der Waals surface area contributed by atoms with Crippen LogP contribution < -0.4 is 10.1 Å². The first-order valence-corrected chi connectivity index (χ1v) is 7.56. The molecule has 0 saturated carbocycles. The first kappa shape index (κ1) is 15.6. The molecule has 0 saturated heterocycles. The molecule has 2 aromatic rings. The van der Waals surface area contributed by atoms with Gasteiger partial charge >= 0.3 is 0 Å². The van der Waals surface area contributed by atoms with Crippen molar-refractivity contribution in [2.24, 2.45) is 0 Å². The fraction of sp³-hybridized carbons (Fsp3) is 0.375. The van der Waals surface area contributed by atoms with Crippen LogP contribution in [-0.2, 0) is 6.42 Å². The molecular formula is C16H20ClN3O. The highest BCUT2D eigenvalue weighted by atomic mass is 35.5. The van der Waals surface area contributed by atoms with Crippen molar-refractivity contribution >= 4 is 17.4 Å². The molecule has 1 N–H and O–H groups in total. The van der Waals surface area contributed by atoms with Gasteiger partial charge in [-0.1, -0.05) is 31.5 Å². The second-order valence-corrected chi connectivity index (χ2v) is 5.23. The Morgan fingerprint density at radius 2 is 2.00 bits per heavy atom. The molecule has 1 heterocycles. The van der Waals surface area contributed by atoms with Crippen LogP contribution in [0.3, 0.4) is 0 Å². The first-order valence-electron chi connectivity index (χ1n) is 7.18. The van der Waals surface area contributed by atoms with Gasteiger partial charge in [0.15, 0.2) is 0 Å². The monoisotopic (exact) mass is 305 g/mol. The van der Waals surface area contributed by atoms with Crippen molar-refractivity contribution in [1.82, 2.24) is 9.97 Å². The van der Waals surface area contributed by atoms with E-state index in [1.165, 1.54) is 0 Å². The number of nitrogens with one attached hydrogen (secondary N) is 1. The molecule has 0 amide bonds. The van der Waals surface area contributed by atoms with E-state index < -0.39 is 0 Å². The number of rotatable bonds is 6. The van der Waals surface area contributed by atoms with E-state index in [0.29, 0.717) is 16.7 Å². The second kappa shape index (κ2) is 7.27. The molecule has 1 aromatic heterocycles. The van der Waals surface area contributed by atoms with Gasteiger partial charge < -0.3 is 10.1 Å². The largest absolute Gasteiger partial charge is 0.437 e. The molecule has 21 heavy (non-hydrogen) atoms. The number of anilines is 1. The van der Waals surface area contributed by atoms with Crippen molar-refractivity contribution in [3.63, 3.8) is 0 Å². The number of ether oxygens (including phenoxy) is 1. The minimum absolute atomic E-state index is 0.507. The topological polar surface area (TPSA) is 47.0 Å². The summed E-state index contributed by atoms with van der Waals surface area (Å²) in [6.07, 6.45) is 1.78. The lowest BCUT2D eigenvalue weighted by molar-refractivity contribution is 0.459. The van der Waals surface area contributed by atoms with E-state index >= 15 is 0 Å². The smallest absolute Gasteiger partial charge is 0.224 e. The summed E-state index contributed by atoms with van der Waals surface area (Å²) in [6.45, 7) is 6.99. The number of hydrogen-bond donors (Lipinski definition) is 1. The number of benzene rings is 1. The highest BCUT2D eigenvalue weighted by Gasteiger charge is 2.08. The summed E-state index contributed by atoms with van der Waals surface area (Å²) in [5.74, 6) is 2.64. The Kier molecular flexibility index (Phi) is 5.39. The van der Waals surface area contributed by atoms with E-state index in [-0.39, 0.29) is 0 Å². The number of nitrogens with zero attached hydrogens (tertiary/aromatic N) is 2. The molecule has 0 fully saturated rings. The fourth-order valence-electron chi connectivity index (χ4n) is 1.83. The molecule has 2 rings (SSSR count). The molecule has 0 aliphatic heterocycles. The molecule has 0 aliphatic rings. The van der Waals surface area contributed by atoms with Crippen LogP contribution in [0.4, 0.5) is 5.82 Å². The van der Waals surface area contributed by atoms with Gasteiger partial charge in [0.1, 0.15) is 17.4 Å². The van der Waals surface area contributed by atoms with Crippen LogP contribution in [-0.4, -0.2) is 16.5 Å². The number of aromatic nitrogens is 2. The fourth-order valence-corrected chi connectivity index (χ4v) is 1.98. The Bertz CT molecular complexity index is 616. The van der Waals surface area contributed by atoms with Gasteiger partial charge in [-0.25, -0.2) is 4.98 Å². The van der Waals surface area contributed by atoms with Gasteiger partial charge in [0, 0.05) is 19.0 Å². The van der Waals surface area contributed by atoms with Crippen LogP contribution in [0.25, 0.3) is 0 Å². The maximum Gasteiger partial charge on any atom is 0.224 e. The van der Waals surface area contributed by atoms with Gasteiger partial charge in [0.05, 0.1) is 5.02 Å². The maximum atomic E-state index is 6.16. The Labute approximate surface area is 130 Å². The van der Waals surface area contributed by atoms with Crippen molar-refractivity contribution in [3.8, 4) is 11.6 Å². The van der Waals surface area contributed by atoms with Crippen molar-refractivity contribution in [3.05, 3.63) is 40.7 Å². The van der Waals surface area contributed by atoms with Gasteiger partial charge in [-0.15, -0.1) is 0 Å². The van der Waals surface area contributed by atoms with Crippen LogP contribution in [0.5, 0.6) is 11.6 Å². The molecule has 4 nitrogen and oxygen atoms in total. The highest BCUT2D eigenvalue weighted by molar-refractivity contribution is 6.32. The lowest BCUT2D eigenvalue weighted by Gasteiger charge is -2.11. The minimum atomic E-state index is 0.507. The van der Waals surface area contributed by atoms with Crippen LogP contribution in [0.15, 0.2) is 24.3 Å². The second-order valence-electron chi connectivity index (χ2n) is 4.82. The third kappa shape index (κ3) is 4.33. The molecule has 0 atom stereocenters. The summed E-state index contributed by atoms with van der Waals surface area (Å²) in [5.41, 5.74) is 1.09. The van der Waals surface area contributed by atoms with Crippen LogP contribution in [0.1, 0.15) is 31.7 Å². The van der Waals surface area contributed by atoms with Crippen molar-refractivity contribution in [2.45, 2.75) is 33.6 Å². The SMILES string of the molecule is CCCNc1cc(Oc2cc(C)ccc2Cl)nc(CC)n1. The minimum Gasteiger partial charge on any atom is -0.437 e. The van der Waals surface area contributed by atoms with E-state index in [9.17, 15) is 0 Å². The third-order valence-electron chi connectivity index (χ3n) is 2.92. The quantitative estimate of drug-likeness (QED) is 0.846. The zero-order valence-corrected chi connectivity index (χ0v) is 13.4. The number of aryl methyl sites for hydroxylation is 2. The van der Waals surface area contributed by atoms with Gasteiger partial charge in [-0.3, -0.25) is 0 Å². The van der Waals surface area contributed by atoms with Crippen LogP contribution in [0.2, 0.25) is 5.02 Å². The lowest BCUT2D eigenvalue weighted by atomic mass is 10.2. The van der Waals surface area contributed by atoms with Gasteiger partial charge in [0.2, 0.25) is 5.88 Å².